The Balaban J connectivity index is 2.49. The second-order valence-corrected chi connectivity index (χ2v) is 6.40. The Morgan fingerprint density at radius 2 is 1.82 bits per heavy atom. The first kappa shape index (κ1) is 20.9. The van der Waals surface area contributed by atoms with Crippen molar-refractivity contribution in [2.75, 3.05) is 6.61 Å². The van der Waals surface area contributed by atoms with E-state index in [4.69, 9.17) is 4.74 Å². The Morgan fingerprint density at radius 3 is 2.39 bits per heavy atom. The van der Waals surface area contributed by atoms with Crippen LogP contribution in [0.5, 0.6) is 0 Å². The van der Waals surface area contributed by atoms with Crippen LogP contribution in [0.4, 0.5) is 0 Å². The van der Waals surface area contributed by atoms with Crippen molar-refractivity contribution in [3.8, 4) is 6.07 Å². The Morgan fingerprint density at radius 1 is 1.18 bits per heavy atom. The summed E-state index contributed by atoms with van der Waals surface area (Å²) in [6, 6.07) is 17.0. The molecule has 0 bridgehead atoms. The van der Waals surface area contributed by atoms with Gasteiger partial charge in [-0.05, 0) is 42.8 Å². The van der Waals surface area contributed by atoms with Gasteiger partial charge in [-0.25, -0.2) is 4.79 Å². The number of amides is 1. The van der Waals surface area contributed by atoms with Crippen LogP contribution in [0.2, 0.25) is 0 Å². The number of benzene rings is 2. The van der Waals surface area contributed by atoms with Crippen molar-refractivity contribution < 1.29 is 19.4 Å². The summed E-state index contributed by atoms with van der Waals surface area (Å²) in [5, 5.41) is 22.4. The van der Waals surface area contributed by atoms with Gasteiger partial charge < -0.3 is 15.2 Å². The van der Waals surface area contributed by atoms with Crippen LogP contribution in [0.1, 0.15) is 22.8 Å². The van der Waals surface area contributed by atoms with Gasteiger partial charge in [0.2, 0.25) is 0 Å². The standard InChI is InChI=1S/C21H17BrN2O4/c1-2-28-21(27)17(13-23)19(25)18(12-14-8-10-16(22)11-9-14)24-20(26)15-6-4-3-5-7-15/h3-12,25H,2H2,1H3,(H,24,26)/b18-12+,19-17-. The number of halogens is 1. The maximum atomic E-state index is 12.5. The smallest absolute Gasteiger partial charge is 0.352 e. The summed E-state index contributed by atoms with van der Waals surface area (Å²) in [6.45, 7) is 1.62. The number of hydrogen-bond acceptors (Lipinski definition) is 5. The third-order valence-electron chi connectivity index (χ3n) is 3.55. The molecule has 0 spiro atoms. The van der Waals surface area contributed by atoms with Crippen LogP contribution >= 0.6 is 15.9 Å². The monoisotopic (exact) mass is 440 g/mol. The molecule has 0 aromatic heterocycles. The summed E-state index contributed by atoms with van der Waals surface area (Å²) in [5.41, 5.74) is 0.297. The second-order valence-electron chi connectivity index (χ2n) is 5.49. The number of ether oxygens (including phenoxy) is 1. The summed E-state index contributed by atoms with van der Waals surface area (Å²) in [4.78, 5) is 24.5. The molecule has 7 heteroatoms. The minimum Gasteiger partial charge on any atom is -0.504 e. The van der Waals surface area contributed by atoms with Crippen molar-refractivity contribution in [2.45, 2.75) is 6.92 Å². The van der Waals surface area contributed by atoms with E-state index in [0.29, 0.717) is 11.1 Å². The van der Waals surface area contributed by atoms with Crippen LogP contribution < -0.4 is 5.32 Å². The van der Waals surface area contributed by atoms with E-state index in [1.165, 1.54) is 6.08 Å². The molecule has 6 nitrogen and oxygen atoms in total. The summed E-state index contributed by atoms with van der Waals surface area (Å²) in [5.74, 6) is -2.15. The van der Waals surface area contributed by atoms with Crippen LogP contribution in [0.15, 0.2) is 76.1 Å². The van der Waals surface area contributed by atoms with Gasteiger partial charge in [-0.3, -0.25) is 4.79 Å². The molecule has 0 aliphatic carbocycles. The quantitative estimate of drug-likeness (QED) is 0.231. The highest BCUT2D eigenvalue weighted by Crippen LogP contribution is 2.18. The number of nitriles is 1. The summed E-state index contributed by atoms with van der Waals surface area (Å²) < 4.78 is 5.65. The first-order chi connectivity index (χ1) is 13.5. The van der Waals surface area contributed by atoms with Gasteiger partial charge in [0.1, 0.15) is 6.07 Å². The Hall–Kier alpha value is -3.37. The van der Waals surface area contributed by atoms with Gasteiger partial charge in [-0.1, -0.05) is 46.3 Å². The van der Waals surface area contributed by atoms with Crippen molar-refractivity contribution >= 4 is 33.9 Å². The molecule has 2 N–H and O–H groups in total. The summed E-state index contributed by atoms with van der Waals surface area (Å²) >= 11 is 3.33. The first-order valence-corrected chi connectivity index (χ1v) is 9.10. The number of aliphatic hydroxyl groups excluding tert-OH is 1. The molecule has 0 radical (unpaired) electrons. The van der Waals surface area contributed by atoms with Crippen LogP contribution in [-0.2, 0) is 9.53 Å². The molecular formula is C21H17BrN2O4. The van der Waals surface area contributed by atoms with E-state index in [1.54, 1.807) is 67.6 Å². The molecule has 0 saturated carbocycles. The predicted molar refractivity (Wildman–Crippen MR) is 108 cm³/mol. The van der Waals surface area contributed by atoms with Gasteiger partial charge in [0.15, 0.2) is 11.3 Å². The molecule has 2 aromatic carbocycles. The summed E-state index contributed by atoms with van der Waals surface area (Å²) in [6.07, 6.45) is 1.46. The predicted octanol–water partition coefficient (Wildman–Crippen LogP) is 4.12. The molecule has 0 aliphatic rings. The minimum atomic E-state index is -0.974. The lowest BCUT2D eigenvalue weighted by Crippen LogP contribution is -2.25. The second kappa shape index (κ2) is 10.1. The maximum Gasteiger partial charge on any atom is 0.352 e. The van der Waals surface area contributed by atoms with Gasteiger partial charge in [0.05, 0.1) is 12.3 Å². The Labute approximate surface area is 170 Å². The van der Waals surface area contributed by atoms with Crippen molar-refractivity contribution in [3.05, 3.63) is 87.2 Å². The van der Waals surface area contributed by atoms with E-state index >= 15 is 0 Å². The lowest BCUT2D eigenvalue weighted by molar-refractivity contribution is -0.138. The number of carbonyl (C=O) groups excluding carboxylic acids is 2. The molecule has 0 unspecified atom stereocenters. The number of rotatable bonds is 6. The zero-order chi connectivity index (χ0) is 20.5. The number of nitrogens with one attached hydrogen (secondary N) is 1. The topological polar surface area (TPSA) is 99.4 Å². The van der Waals surface area contributed by atoms with Crippen LogP contribution in [0, 0.1) is 11.3 Å². The van der Waals surface area contributed by atoms with Crippen molar-refractivity contribution in [1.82, 2.24) is 5.32 Å². The highest BCUT2D eigenvalue weighted by Gasteiger charge is 2.21. The third-order valence-corrected chi connectivity index (χ3v) is 4.08. The van der Waals surface area contributed by atoms with Crippen molar-refractivity contribution in [1.29, 1.82) is 5.26 Å². The molecule has 2 rings (SSSR count). The van der Waals surface area contributed by atoms with E-state index in [-0.39, 0.29) is 12.3 Å². The van der Waals surface area contributed by atoms with E-state index in [2.05, 4.69) is 21.2 Å². The molecule has 0 heterocycles. The fraction of sp³-hybridized carbons (Fsp3) is 0.0952. The van der Waals surface area contributed by atoms with E-state index in [1.807, 2.05) is 0 Å². The molecule has 0 saturated heterocycles. The lowest BCUT2D eigenvalue weighted by atomic mass is 10.1. The number of esters is 1. The van der Waals surface area contributed by atoms with Gasteiger partial charge in [0, 0.05) is 10.0 Å². The number of carbonyl (C=O) groups is 2. The SMILES string of the molecule is CCOC(=O)/C(C#N)=C(O)/C(=C\c1ccc(Br)cc1)NC(=O)c1ccccc1. The molecule has 0 aliphatic heterocycles. The zero-order valence-electron chi connectivity index (χ0n) is 15.0. The van der Waals surface area contributed by atoms with Gasteiger partial charge >= 0.3 is 5.97 Å². The molecule has 0 fully saturated rings. The molecule has 2 aromatic rings. The highest BCUT2D eigenvalue weighted by molar-refractivity contribution is 9.10. The normalized spacial score (nSPS) is 11.8. The number of aliphatic hydroxyl groups is 1. The van der Waals surface area contributed by atoms with Crippen LogP contribution in [0.3, 0.4) is 0 Å². The van der Waals surface area contributed by atoms with Gasteiger partial charge in [-0.2, -0.15) is 5.26 Å². The fourth-order valence-electron chi connectivity index (χ4n) is 2.21. The lowest BCUT2D eigenvalue weighted by Gasteiger charge is -2.11. The largest absolute Gasteiger partial charge is 0.504 e. The average molecular weight is 441 g/mol. The first-order valence-electron chi connectivity index (χ1n) is 8.30. The molecule has 1 amide bonds. The van der Waals surface area contributed by atoms with E-state index in [0.717, 1.165) is 4.47 Å². The maximum absolute atomic E-state index is 12.5. The van der Waals surface area contributed by atoms with E-state index < -0.39 is 23.2 Å². The summed E-state index contributed by atoms with van der Waals surface area (Å²) in [7, 11) is 0. The van der Waals surface area contributed by atoms with Crippen LogP contribution in [-0.4, -0.2) is 23.6 Å². The van der Waals surface area contributed by atoms with Crippen LogP contribution in [0.25, 0.3) is 6.08 Å². The Kier molecular flexibility index (Phi) is 7.55. The highest BCUT2D eigenvalue weighted by atomic mass is 79.9. The zero-order valence-corrected chi connectivity index (χ0v) is 16.6. The van der Waals surface area contributed by atoms with Gasteiger partial charge in [0.25, 0.3) is 5.91 Å². The van der Waals surface area contributed by atoms with E-state index in [9.17, 15) is 20.0 Å². The molecule has 28 heavy (non-hydrogen) atoms. The fourth-order valence-corrected chi connectivity index (χ4v) is 2.47. The van der Waals surface area contributed by atoms with Crippen molar-refractivity contribution in [3.63, 3.8) is 0 Å². The molecule has 142 valence electrons. The molecule has 0 atom stereocenters. The minimum absolute atomic E-state index is 0.0411. The number of hydrogen-bond donors (Lipinski definition) is 2. The average Bonchev–Trinajstić information content (AvgIpc) is 2.70. The number of nitrogens with zero attached hydrogens (tertiary/aromatic N) is 1. The van der Waals surface area contributed by atoms with Crippen molar-refractivity contribution in [2.24, 2.45) is 0 Å². The molecular weight excluding hydrogens is 424 g/mol. The van der Waals surface area contributed by atoms with Gasteiger partial charge in [-0.15, -0.1) is 0 Å². The Bertz CT molecular complexity index is 958. The third kappa shape index (κ3) is 5.56.